The van der Waals surface area contributed by atoms with Crippen LogP contribution in [0.25, 0.3) is 10.1 Å². The van der Waals surface area contributed by atoms with E-state index >= 15 is 0 Å². The second kappa shape index (κ2) is 6.72. The summed E-state index contributed by atoms with van der Waals surface area (Å²) in [6.45, 7) is 3.82. The molecule has 0 saturated carbocycles. The molecule has 3 N–H and O–H groups in total. The molecule has 3 rings (SSSR count). The minimum absolute atomic E-state index is 0.122. The third-order valence-electron chi connectivity index (χ3n) is 3.78. The Balaban J connectivity index is 1.79. The van der Waals surface area contributed by atoms with Gasteiger partial charge in [-0.1, -0.05) is 18.2 Å². The summed E-state index contributed by atoms with van der Waals surface area (Å²) in [4.78, 5) is 25.9. The van der Waals surface area contributed by atoms with Crippen molar-refractivity contribution in [1.82, 2.24) is 10.8 Å². The van der Waals surface area contributed by atoms with Crippen LogP contribution in [0, 0.1) is 6.92 Å². The van der Waals surface area contributed by atoms with Crippen LogP contribution in [0.2, 0.25) is 0 Å². The van der Waals surface area contributed by atoms with Crippen LogP contribution in [0.1, 0.15) is 42.7 Å². The van der Waals surface area contributed by atoms with Crippen LogP contribution >= 0.6 is 22.7 Å². The summed E-state index contributed by atoms with van der Waals surface area (Å²) < 4.78 is 1.09. The van der Waals surface area contributed by atoms with E-state index in [0.29, 0.717) is 9.75 Å². The Morgan fingerprint density at radius 3 is 2.54 bits per heavy atom. The molecule has 124 valence electrons. The summed E-state index contributed by atoms with van der Waals surface area (Å²) >= 11 is 2.71. The van der Waals surface area contributed by atoms with Gasteiger partial charge in [0.05, 0.1) is 15.8 Å². The van der Waals surface area contributed by atoms with Crippen molar-refractivity contribution in [3.63, 3.8) is 0 Å². The predicted octanol–water partition coefficient (Wildman–Crippen LogP) is 3.88. The molecular weight excluding hydrogens is 344 g/mol. The molecule has 7 heteroatoms. The van der Waals surface area contributed by atoms with E-state index in [-0.39, 0.29) is 11.9 Å². The van der Waals surface area contributed by atoms with Gasteiger partial charge in [0, 0.05) is 9.58 Å². The molecule has 0 aliphatic rings. The topological polar surface area (TPSA) is 78.4 Å². The lowest BCUT2D eigenvalue weighted by Gasteiger charge is -2.11. The minimum Gasteiger partial charge on any atom is -0.344 e. The van der Waals surface area contributed by atoms with Crippen LogP contribution in [0.4, 0.5) is 0 Å². The third kappa shape index (κ3) is 3.06. The molecule has 2 amide bonds. The standard InChI is InChI=1S/C17H16N2O3S2/c1-9-11-5-3-4-6-13(11)24-15(9)17(21)18-10(2)12-7-8-14(23-12)16(20)19-22/h3-8,10,22H,1-2H3,(H,18,21)(H,19,20). The lowest BCUT2D eigenvalue weighted by Crippen LogP contribution is -2.25. The fraction of sp³-hybridized carbons (Fsp3) is 0.176. The largest absolute Gasteiger partial charge is 0.344 e. The smallest absolute Gasteiger partial charge is 0.284 e. The van der Waals surface area contributed by atoms with Crippen molar-refractivity contribution in [3.05, 3.63) is 56.6 Å². The van der Waals surface area contributed by atoms with E-state index in [1.54, 1.807) is 17.6 Å². The van der Waals surface area contributed by atoms with E-state index in [2.05, 4.69) is 5.32 Å². The molecule has 1 unspecified atom stereocenters. The molecule has 0 fully saturated rings. The number of aryl methyl sites for hydroxylation is 1. The maximum absolute atomic E-state index is 12.6. The Hall–Kier alpha value is -2.22. The summed E-state index contributed by atoms with van der Waals surface area (Å²) in [5.41, 5.74) is 2.59. The molecular formula is C17H16N2O3S2. The summed E-state index contributed by atoms with van der Waals surface area (Å²) in [6, 6.07) is 11.1. The number of rotatable bonds is 4. The van der Waals surface area contributed by atoms with Gasteiger partial charge >= 0.3 is 0 Å². The molecule has 2 heterocycles. The van der Waals surface area contributed by atoms with Gasteiger partial charge < -0.3 is 5.32 Å². The fourth-order valence-electron chi connectivity index (χ4n) is 2.49. The van der Waals surface area contributed by atoms with Crippen molar-refractivity contribution in [3.8, 4) is 0 Å². The molecule has 2 aromatic heterocycles. The van der Waals surface area contributed by atoms with Crippen LogP contribution in [-0.4, -0.2) is 17.0 Å². The molecule has 0 radical (unpaired) electrons. The van der Waals surface area contributed by atoms with Crippen molar-refractivity contribution in [2.45, 2.75) is 19.9 Å². The van der Waals surface area contributed by atoms with Gasteiger partial charge in [-0.25, -0.2) is 5.48 Å². The number of fused-ring (bicyclic) bond motifs is 1. The number of carbonyl (C=O) groups excluding carboxylic acids is 2. The summed E-state index contributed by atoms with van der Waals surface area (Å²) in [5.74, 6) is -0.673. The second-order valence-electron chi connectivity index (χ2n) is 5.39. The summed E-state index contributed by atoms with van der Waals surface area (Å²) in [5, 5.41) is 12.7. The molecule has 0 spiro atoms. The second-order valence-corrected chi connectivity index (χ2v) is 7.56. The number of benzene rings is 1. The zero-order valence-corrected chi connectivity index (χ0v) is 14.8. The van der Waals surface area contributed by atoms with Crippen molar-refractivity contribution >= 4 is 44.6 Å². The van der Waals surface area contributed by atoms with E-state index in [1.807, 2.05) is 38.1 Å². The molecule has 0 saturated heterocycles. The highest BCUT2D eigenvalue weighted by Crippen LogP contribution is 2.31. The van der Waals surface area contributed by atoms with E-state index < -0.39 is 5.91 Å². The van der Waals surface area contributed by atoms with Gasteiger partial charge in [-0.15, -0.1) is 22.7 Å². The first-order valence-corrected chi connectivity index (χ1v) is 8.97. The van der Waals surface area contributed by atoms with Crippen molar-refractivity contribution in [2.24, 2.45) is 0 Å². The Bertz CT molecular complexity index is 914. The monoisotopic (exact) mass is 360 g/mol. The Morgan fingerprint density at radius 2 is 1.83 bits per heavy atom. The molecule has 3 aromatic rings. The van der Waals surface area contributed by atoms with E-state index in [1.165, 1.54) is 22.7 Å². The maximum atomic E-state index is 12.6. The van der Waals surface area contributed by atoms with Crippen LogP contribution in [0.3, 0.4) is 0 Å². The zero-order chi connectivity index (χ0) is 17.3. The number of nitrogens with one attached hydrogen (secondary N) is 2. The summed E-state index contributed by atoms with van der Waals surface area (Å²) in [6.07, 6.45) is 0. The number of hydrogen-bond donors (Lipinski definition) is 3. The highest BCUT2D eigenvalue weighted by atomic mass is 32.1. The molecule has 24 heavy (non-hydrogen) atoms. The first-order chi connectivity index (χ1) is 11.5. The SMILES string of the molecule is Cc1c(C(=O)NC(C)c2ccc(C(=O)NO)s2)sc2ccccc12. The maximum Gasteiger partial charge on any atom is 0.284 e. The molecule has 0 aliphatic carbocycles. The molecule has 0 aliphatic heterocycles. The quantitative estimate of drug-likeness (QED) is 0.488. The highest BCUT2D eigenvalue weighted by molar-refractivity contribution is 7.21. The van der Waals surface area contributed by atoms with Crippen LogP contribution in [-0.2, 0) is 0 Å². The number of hydroxylamine groups is 1. The number of carbonyl (C=O) groups is 2. The van der Waals surface area contributed by atoms with Gasteiger partial charge in [0.2, 0.25) is 0 Å². The molecule has 1 atom stereocenters. The number of hydrogen-bond acceptors (Lipinski definition) is 5. The lowest BCUT2D eigenvalue weighted by molar-refractivity contribution is 0.0711. The van der Waals surface area contributed by atoms with Gasteiger partial charge in [-0.2, -0.15) is 0 Å². The van der Waals surface area contributed by atoms with Gasteiger partial charge in [0.1, 0.15) is 0 Å². The first-order valence-electron chi connectivity index (χ1n) is 7.34. The number of amides is 2. The normalized spacial score (nSPS) is 12.1. The summed E-state index contributed by atoms with van der Waals surface area (Å²) in [7, 11) is 0. The van der Waals surface area contributed by atoms with E-state index in [4.69, 9.17) is 5.21 Å². The highest BCUT2D eigenvalue weighted by Gasteiger charge is 2.19. The first kappa shape index (κ1) is 16.6. The molecule has 1 aromatic carbocycles. The van der Waals surface area contributed by atoms with Crippen molar-refractivity contribution < 1.29 is 14.8 Å². The Labute approximate surface area is 146 Å². The van der Waals surface area contributed by atoms with E-state index in [9.17, 15) is 9.59 Å². The fourth-order valence-corrected chi connectivity index (χ4v) is 4.50. The third-order valence-corrected chi connectivity index (χ3v) is 6.31. The Morgan fingerprint density at radius 1 is 1.08 bits per heavy atom. The van der Waals surface area contributed by atoms with Gasteiger partial charge in [-0.3, -0.25) is 14.8 Å². The van der Waals surface area contributed by atoms with Crippen molar-refractivity contribution in [1.29, 1.82) is 0 Å². The van der Waals surface area contributed by atoms with Crippen LogP contribution in [0.5, 0.6) is 0 Å². The van der Waals surface area contributed by atoms with E-state index in [0.717, 1.165) is 20.5 Å². The Kier molecular flexibility index (Phi) is 4.66. The lowest BCUT2D eigenvalue weighted by atomic mass is 10.1. The van der Waals surface area contributed by atoms with Gasteiger partial charge in [0.25, 0.3) is 11.8 Å². The van der Waals surface area contributed by atoms with Gasteiger partial charge in [-0.05, 0) is 43.0 Å². The number of thiophene rings is 2. The van der Waals surface area contributed by atoms with Crippen LogP contribution < -0.4 is 10.8 Å². The van der Waals surface area contributed by atoms with Crippen molar-refractivity contribution in [2.75, 3.05) is 0 Å². The zero-order valence-electron chi connectivity index (χ0n) is 13.1. The minimum atomic E-state index is -0.551. The molecule has 0 bridgehead atoms. The molecule has 5 nitrogen and oxygen atoms in total. The average Bonchev–Trinajstić information content (AvgIpc) is 3.20. The van der Waals surface area contributed by atoms with Gasteiger partial charge in [0.15, 0.2) is 0 Å². The average molecular weight is 360 g/mol. The predicted molar refractivity (Wildman–Crippen MR) is 96.0 cm³/mol. The van der Waals surface area contributed by atoms with Crippen LogP contribution in [0.15, 0.2) is 36.4 Å².